The highest BCUT2D eigenvalue weighted by Gasteiger charge is 2.40. The lowest BCUT2D eigenvalue weighted by molar-refractivity contribution is -0.0205. The van der Waals surface area contributed by atoms with E-state index in [0.717, 1.165) is 32.3 Å². The van der Waals surface area contributed by atoms with Crippen LogP contribution in [0.1, 0.15) is 23.3 Å². The maximum atomic E-state index is 10.9. The van der Waals surface area contributed by atoms with Crippen LogP contribution in [-0.2, 0) is 0 Å². The zero-order chi connectivity index (χ0) is 18.0. The van der Waals surface area contributed by atoms with Crippen molar-refractivity contribution in [3.63, 3.8) is 0 Å². The van der Waals surface area contributed by atoms with Gasteiger partial charge >= 0.3 is 0 Å². The van der Waals surface area contributed by atoms with Crippen LogP contribution < -0.4 is 0 Å². The second-order valence-corrected chi connectivity index (χ2v) is 7.96. The van der Waals surface area contributed by atoms with Crippen molar-refractivity contribution in [2.24, 2.45) is 0 Å². The van der Waals surface area contributed by atoms with Gasteiger partial charge in [0.25, 0.3) is 0 Å². The third kappa shape index (κ3) is 2.04. The predicted octanol–water partition coefficient (Wildman–Crippen LogP) is 4.35. The molecule has 0 fully saturated rings. The topological polar surface area (TPSA) is 60.7 Å². The third-order valence-corrected chi connectivity index (χ3v) is 6.59. The molecule has 0 saturated carbocycles. The van der Waals surface area contributed by atoms with Crippen molar-refractivity contribution in [1.82, 2.24) is 0 Å². The lowest BCUT2D eigenvalue weighted by atomic mass is 9.80. The molecule has 4 aromatic rings. The van der Waals surface area contributed by atoms with Crippen molar-refractivity contribution in [1.29, 1.82) is 0 Å². The first-order valence-corrected chi connectivity index (χ1v) is 9.55. The van der Waals surface area contributed by atoms with Gasteiger partial charge in [-0.2, -0.15) is 0 Å². The van der Waals surface area contributed by atoms with Crippen molar-refractivity contribution in [3.8, 4) is 0 Å². The molecule has 5 rings (SSSR count). The SMILES string of the molecule is O[C@@H]1[C@H](Br)[C@@H](O)c2c(ccc3c4ccccc4c4ccccc4c23)[C@H]1O. The summed E-state index contributed by atoms with van der Waals surface area (Å²) >= 11 is 3.37. The Labute approximate surface area is 158 Å². The molecule has 4 aromatic carbocycles. The fourth-order valence-electron chi connectivity index (χ4n) is 4.32. The molecule has 3 N–H and O–H groups in total. The molecule has 1 aliphatic rings. The van der Waals surface area contributed by atoms with Gasteiger partial charge in [0.2, 0.25) is 0 Å². The monoisotopic (exact) mass is 408 g/mol. The fourth-order valence-corrected chi connectivity index (χ4v) is 4.87. The van der Waals surface area contributed by atoms with E-state index in [1.807, 2.05) is 36.4 Å². The van der Waals surface area contributed by atoms with E-state index in [1.165, 1.54) is 0 Å². The van der Waals surface area contributed by atoms with Crippen molar-refractivity contribution in [2.45, 2.75) is 23.1 Å². The van der Waals surface area contributed by atoms with Gasteiger partial charge in [0.05, 0.1) is 17.0 Å². The molecule has 0 bridgehead atoms. The smallest absolute Gasteiger partial charge is 0.106 e. The minimum atomic E-state index is -1.05. The number of alkyl halides is 1. The molecule has 0 aliphatic heterocycles. The van der Waals surface area contributed by atoms with Crippen LogP contribution in [0.5, 0.6) is 0 Å². The van der Waals surface area contributed by atoms with E-state index in [4.69, 9.17) is 0 Å². The van der Waals surface area contributed by atoms with Crippen molar-refractivity contribution in [2.75, 3.05) is 0 Å². The van der Waals surface area contributed by atoms with Crippen molar-refractivity contribution < 1.29 is 15.3 Å². The zero-order valence-electron chi connectivity index (χ0n) is 13.8. The number of fused-ring (bicyclic) bond motifs is 8. The van der Waals surface area contributed by atoms with Crippen LogP contribution in [0, 0.1) is 0 Å². The van der Waals surface area contributed by atoms with Crippen molar-refractivity contribution >= 4 is 48.2 Å². The Balaban J connectivity index is 2.06. The number of halogens is 1. The molecular weight excluding hydrogens is 392 g/mol. The van der Waals surface area contributed by atoms with Crippen LogP contribution >= 0.6 is 15.9 Å². The molecule has 1 aliphatic carbocycles. The molecule has 26 heavy (non-hydrogen) atoms. The first kappa shape index (κ1) is 16.2. The molecule has 0 unspecified atom stereocenters. The fraction of sp³-hybridized carbons (Fsp3) is 0.182. The Bertz CT molecular complexity index is 1140. The summed E-state index contributed by atoms with van der Waals surface area (Å²) < 4.78 is 0. The van der Waals surface area contributed by atoms with Gasteiger partial charge < -0.3 is 15.3 Å². The van der Waals surface area contributed by atoms with Gasteiger partial charge in [-0.15, -0.1) is 0 Å². The Morgan fingerprint density at radius 1 is 0.615 bits per heavy atom. The first-order valence-electron chi connectivity index (χ1n) is 8.64. The third-order valence-electron chi connectivity index (χ3n) is 5.55. The number of rotatable bonds is 0. The summed E-state index contributed by atoms with van der Waals surface area (Å²) in [5, 5.41) is 38.2. The summed E-state index contributed by atoms with van der Waals surface area (Å²) in [5.41, 5.74) is 1.29. The van der Waals surface area contributed by atoms with Crippen LogP contribution in [0.4, 0.5) is 0 Å². The lowest BCUT2D eigenvalue weighted by Gasteiger charge is -2.35. The second-order valence-electron chi connectivity index (χ2n) is 6.91. The summed E-state index contributed by atoms with van der Waals surface area (Å²) in [6, 6.07) is 20.2. The molecule has 0 heterocycles. The molecule has 4 heteroatoms. The Kier molecular flexibility index (Phi) is 3.59. The highest BCUT2D eigenvalue weighted by molar-refractivity contribution is 9.09. The van der Waals surface area contributed by atoms with Gasteiger partial charge in [-0.05, 0) is 43.4 Å². The highest BCUT2D eigenvalue weighted by Crippen LogP contribution is 2.47. The summed E-state index contributed by atoms with van der Waals surface area (Å²) in [6.45, 7) is 0. The minimum absolute atomic E-state index is 0.591. The largest absolute Gasteiger partial charge is 0.389 e. The normalized spacial score (nSPS) is 25.7. The van der Waals surface area contributed by atoms with E-state index in [0.29, 0.717) is 11.1 Å². The first-order chi connectivity index (χ1) is 12.6. The number of benzene rings is 4. The Morgan fingerprint density at radius 3 is 1.73 bits per heavy atom. The van der Waals surface area contributed by atoms with Crippen LogP contribution in [0.25, 0.3) is 32.3 Å². The van der Waals surface area contributed by atoms with Crippen LogP contribution in [0.3, 0.4) is 0 Å². The average molecular weight is 409 g/mol. The summed E-state index contributed by atoms with van der Waals surface area (Å²) in [4.78, 5) is -0.624. The van der Waals surface area contributed by atoms with Gasteiger partial charge in [-0.3, -0.25) is 0 Å². The molecular formula is C22H17BrO3. The van der Waals surface area contributed by atoms with E-state index in [2.05, 4.69) is 40.2 Å². The lowest BCUT2D eigenvalue weighted by Crippen LogP contribution is -2.38. The molecule has 3 nitrogen and oxygen atoms in total. The van der Waals surface area contributed by atoms with Crippen LogP contribution in [0.2, 0.25) is 0 Å². The van der Waals surface area contributed by atoms with Gasteiger partial charge in [0.1, 0.15) is 6.10 Å². The Hall–Kier alpha value is -1.98. The summed E-state index contributed by atoms with van der Waals surface area (Å²) in [5.74, 6) is 0. The molecule has 0 saturated heterocycles. The van der Waals surface area contributed by atoms with Gasteiger partial charge in [-0.1, -0.05) is 76.6 Å². The quantitative estimate of drug-likeness (QED) is 0.299. The van der Waals surface area contributed by atoms with Crippen molar-refractivity contribution in [3.05, 3.63) is 71.8 Å². The minimum Gasteiger partial charge on any atom is -0.389 e. The summed E-state index contributed by atoms with van der Waals surface area (Å²) in [7, 11) is 0. The van der Waals surface area contributed by atoms with E-state index < -0.39 is 23.1 Å². The molecule has 0 amide bonds. The van der Waals surface area contributed by atoms with E-state index in [9.17, 15) is 15.3 Å². The molecule has 0 spiro atoms. The number of aliphatic hydroxyl groups is 3. The van der Waals surface area contributed by atoms with E-state index >= 15 is 0 Å². The Morgan fingerprint density at radius 2 is 1.12 bits per heavy atom. The van der Waals surface area contributed by atoms with Crippen LogP contribution in [-0.4, -0.2) is 26.3 Å². The standard InChI is InChI=1S/C22H17BrO3/c23-19-21(25)18-16(20(24)22(19)26)10-9-15-13-7-2-1-5-11(13)12-6-3-4-8-14(12)17(15)18/h1-10,19-22,24-26H/t19-,20-,21+,22-/m1/s1. The molecule has 4 atom stereocenters. The molecule has 130 valence electrons. The molecule has 0 radical (unpaired) electrons. The average Bonchev–Trinajstić information content (AvgIpc) is 2.70. The molecule has 0 aromatic heterocycles. The second kappa shape index (κ2) is 5.76. The van der Waals surface area contributed by atoms with Crippen LogP contribution in [0.15, 0.2) is 60.7 Å². The number of aliphatic hydroxyl groups excluding tert-OH is 3. The maximum Gasteiger partial charge on any atom is 0.106 e. The maximum absolute atomic E-state index is 10.9. The summed E-state index contributed by atoms with van der Waals surface area (Å²) in [6.07, 6.45) is -2.99. The van der Waals surface area contributed by atoms with E-state index in [1.54, 1.807) is 0 Å². The predicted molar refractivity (Wildman–Crippen MR) is 108 cm³/mol. The highest BCUT2D eigenvalue weighted by atomic mass is 79.9. The van der Waals surface area contributed by atoms with Gasteiger partial charge in [-0.25, -0.2) is 0 Å². The zero-order valence-corrected chi connectivity index (χ0v) is 15.4. The number of hydrogen-bond acceptors (Lipinski definition) is 3. The van der Waals surface area contributed by atoms with Gasteiger partial charge in [0, 0.05) is 0 Å². The number of hydrogen-bond donors (Lipinski definition) is 3. The van der Waals surface area contributed by atoms with Gasteiger partial charge in [0.15, 0.2) is 0 Å². The van der Waals surface area contributed by atoms with E-state index in [-0.39, 0.29) is 0 Å².